The average molecular weight is 554 g/mol. The highest BCUT2D eigenvalue weighted by atomic mass is 79.9. The van der Waals surface area contributed by atoms with E-state index in [1.165, 1.54) is 24.3 Å². The number of nitro benzene ring substituents is 1. The molecule has 0 aliphatic carbocycles. The molecule has 3 aromatic carbocycles. The van der Waals surface area contributed by atoms with Crippen LogP contribution in [0.5, 0.6) is 0 Å². The van der Waals surface area contributed by atoms with E-state index in [9.17, 15) is 29.3 Å². The number of Topliss-reactive ketones (excluding diaryl/α,β-unsaturated/α-hetero) is 1. The first-order chi connectivity index (χ1) is 17.2. The van der Waals surface area contributed by atoms with Gasteiger partial charge in [0.15, 0.2) is 6.10 Å². The second kappa shape index (κ2) is 12.4. The summed E-state index contributed by atoms with van der Waals surface area (Å²) in [5.41, 5.74) is 0.674. The molecule has 1 atom stereocenters. The summed E-state index contributed by atoms with van der Waals surface area (Å²) in [7, 11) is 0. The first kappa shape index (κ1) is 26.2. The number of hydrogen-bond donors (Lipinski definition) is 2. The summed E-state index contributed by atoms with van der Waals surface area (Å²) in [4.78, 5) is 60.0. The van der Waals surface area contributed by atoms with Gasteiger partial charge in [0.1, 0.15) is 6.54 Å². The Kier molecular flexibility index (Phi) is 9.01. The number of hydrogen-bond acceptors (Lipinski definition) is 7. The number of carbonyl (C=O) groups is 4. The van der Waals surface area contributed by atoms with E-state index in [1.807, 2.05) is 0 Å². The Labute approximate surface area is 213 Å². The van der Waals surface area contributed by atoms with Gasteiger partial charge < -0.3 is 15.4 Å². The molecule has 2 amide bonds. The van der Waals surface area contributed by atoms with Gasteiger partial charge in [0.25, 0.3) is 11.6 Å². The molecule has 0 bridgehead atoms. The van der Waals surface area contributed by atoms with Gasteiger partial charge in [0, 0.05) is 33.3 Å². The van der Waals surface area contributed by atoms with Crippen LogP contribution in [-0.4, -0.2) is 41.6 Å². The van der Waals surface area contributed by atoms with Crippen LogP contribution >= 0.6 is 15.9 Å². The van der Waals surface area contributed by atoms with Gasteiger partial charge in [-0.2, -0.15) is 0 Å². The molecule has 184 valence electrons. The van der Waals surface area contributed by atoms with E-state index in [4.69, 9.17) is 4.74 Å². The van der Waals surface area contributed by atoms with Crippen molar-refractivity contribution in [2.24, 2.45) is 0 Å². The lowest BCUT2D eigenvalue weighted by atomic mass is 9.99. The Morgan fingerprint density at radius 2 is 1.47 bits per heavy atom. The quantitative estimate of drug-likeness (QED) is 0.169. The lowest BCUT2D eigenvalue weighted by molar-refractivity contribution is -0.384. The molecule has 0 fully saturated rings. The van der Waals surface area contributed by atoms with E-state index in [2.05, 4.69) is 26.6 Å². The van der Waals surface area contributed by atoms with Gasteiger partial charge in [-0.15, -0.1) is 0 Å². The minimum atomic E-state index is -1.38. The molecule has 36 heavy (non-hydrogen) atoms. The third kappa shape index (κ3) is 7.31. The van der Waals surface area contributed by atoms with E-state index in [0.717, 1.165) is 4.47 Å². The molecule has 0 saturated carbocycles. The maximum Gasteiger partial charge on any atom is 0.326 e. The molecule has 0 heterocycles. The van der Waals surface area contributed by atoms with Crippen molar-refractivity contribution in [3.8, 4) is 0 Å². The standard InChI is InChI=1S/C25H20BrN3O7/c26-19-10-6-18(7-11-19)25(33)28-14-21(30)27-15-22(31)36-24(23(32)16-4-2-1-3-5-16)17-8-12-20(13-9-17)29(34)35/h1-13,24H,14-15H2,(H,27,30)(H,28,33)/t24-/m1/s1. The number of amides is 2. The zero-order valence-corrected chi connectivity index (χ0v) is 20.3. The van der Waals surface area contributed by atoms with Crippen LogP contribution in [0.4, 0.5) is 5.69 Å². The van der Waals surface area contributed by atoms with E-state index in [1.54, 1.807) is 54.6 Å². The normalized spacial score (nSPS) is 11.1. The Bertz CT molecular complexity index is 1260. The molecule has 0 aliphatic rings. The van der Waals surface area contributed by atoms with Gasteiger partial charge in [0.2, 0.25) is 11.7 Å². The monoisotopic (exact) mass is 553 g/mol. The SMILES string of the molecule is O=C(CNC(=O)c1ccc(Br)cc1)NCC(=O)O[C@@H](C(=O)c1ccccc1)c1ccc([N+](=O)[O-])cc1. The van der Waals surface area contributed by atoms with Crippen molar-refractivity contribution in [2.45, 2.75) is 6.10 Å². The molecule has 10 nitrogen and oxygen atoms in total. The minimum absolute atomic E-state index is 0.187. The van der Waals surface area contributed by atoms with Crippen LogP contribution in [0.2, 0.25) is 0 Å². The zero-order chi connectivity index (χ0) is 26.1. The number of carbonyl (C=O) groups excluding carboxylic acids is 4. The Hall–Kier alpha value is -4.38. The van der Waals surface area contributed by atoms with Crippen LogP contribution in [0.3, 0.4) is 0 Å². The molecule has 3 aromatic rings. The number of benzene rings is 3. The molecule has 0 aromatic heterocycles. The smallest absolute Gasteiger partial charge is 0.326 e. The van der Waals surface area contributed by atoms with Gasteiger partial charge >= 0.3 is 5.97 Å². The number of nitrogens with one attached hydrogen (secondary N) is 2. The summed E-state index contributed by atoms with van der Waals surface area (Å²) in [6.07, 6.45) is -1.38. The van der Waals surface area contributed by atoms with E-state index in [0.29, 0.717) is 5.56 Å². The number of nitro groups is 1. The number of ketones is 1. The highest BCUT2D eigenvalue weighted by Gasteiger charge is 2.27. The largest absolute Gasteiger partial charge is 0.448 e. The number of non-ortho nitro benzene ring substituents is 1. The Balaban J connectivity index is 1.60. The Morgan fingerprint density at radius 1 is 0.833 bits per heavy atom. The molecule has 11 heteroatoms. The molecule has 0 aliphatic heterocycles. The summed E-state index contributed by atoms with van der Waals surface area (Å²) in [5, 5.41) is 15.7. The second-order valence-electron chi connectivity index (χ2n) is 7.42. The van der Waals surface area contributed by atoms with Crippen molar-refractivity contribution in [2.75, 3.05) is 13.1 Å². The number of nitrogens with zero attached hydrogens (tertiary/aromatic N) is 1. The highest BCUT2D eigenvalue weighted by molar-refractivity contribution is 9.10. The van der Waals surface area contributed by atoms with Crippen molar-refractivity contribution in [1.82, 2.24) is 10.6 Å². The molecule has 3 rings (SSSR count). The molecule has 0 spiro atoms. The first-order valence-corrected chi connectivity index (χ1v) is 11.4. The number of ether oxygens (including phenoxy) is 1. The van der Waals surface area contributed by atoms with Crippen LogP contribution < -0.4 is 10.6 Å². The third-order valence-electron chi connectivity index (χ3n) is 4.90. The molecule has 0 saturated heterocycles. The summed E-state index contributed by atoms with van der Waals surface area (Å²) < 4.78 is 6.14. The Morgan fingerprint density at radius 3 is 2.08 bits per heavy atom. The van der Waals surface area contributed by atoms with Crippen LogP contribution in [0.15, 0.2) is 83.3 Å². The summed E-state index contributed by atoms with van der Waals surface area (Å²) in [5.74, 6) is -2.55. The van der Waals surface area contributed by atoms with E-state index in [-0.39, 0.29) is 23.4 Å². The lowest BCUT2D eigenvalue weighted by Crippen LogP contribution is -2.39. The van der Waals surface area contributed by atoms with Crippen molar-refractivity contribution < 1.29 is 28.8 Å². The third-order valence-corrected chi connectivity index (χ3v) is 5.43. The van der Waals surface area contributed by atoms with Gasteiger partial charge in [0.05, 0.1) is 11.5 Å². The van der Waals surface area contributed by atoms with Gasteiger partial charge in [-0.25, -0.2) is 0 Å². The molecule has 0 radical (unpaired) electrons. The average Bonchev–Trinajstić information content (AvgIpc) is 2.89. The van der Waals surface area contributed by atoms with Crippen molar-refractivity contribution in [1.29, 1.82) is 0 Å². The first-order valence-electron chi connectivity index (χ1n) is 10.6. The van der Waals surface area contributed by atoms with Gasteiger partial charge in [-0.3, -0.25) is 29.3 Å². The maximum absolute atomic E-state index is 13.0. The predicted octanol–water partition coefficient (Wildman–Crippen LogP) is 3.37. The fourth-order valence-corrected chi connectivity index (χ4v) is 3.33. The second-order valence-corrected chi connectivity index (χ2v) is 8.33. The van der Waals surface area contributed by atoms with Crippen LogP contribution in [0, 0.1) is 10.1 Å². The van der Waals surface area contributed by atoms with E-state index >= 15 is 0 Å². The van der Waals surface area contributed by atoms with Crippen molar-refractivity contribution >= 4 is 45.2 Å². The summed E-state index contributed by atoms with van der Waals surface area (Å²) >= 11 is 3.27. The maximum atomic E-state index is 13.0. The molecular weight excluding hydrogens is 534 g/mol. The van der Waals surface area contributed by atoms with E-state index < -0.39 is 41.1 Å². The predicted molar refractivity (Wildman–Crippen MR) is 132 cm³/mol. The minimum Gasteiger partial charge on any atom is -0.448 e. The van der Waals surface area contributed by atoms with Crippen molar-refractivity contribution in [3.63, 3.8) is 0 Å². The number of esters is 1. The fourth-order valence-electron chi connectivity index (χ4n) is 3.07. The topological polar surface area (TPSA) is 145 Å². The lowest BCUT2D eigenvalue weighted by Gasteiger charge is -2.18. The molecule has 2 N–H and O–H groups in total. The summed E-state index contributed by atoms with van der Waals surface area (Å²) in [6, 6.07) is 19.7. The van der Waals surface area contributed by atoms with Crippen LogP contribution in [0.25, 0.3) is 0 Å². The zero-order valence-electron chi connectivity index (χ0n) is 18.7. The summed E-state index contributed by atoms with van der Waals surface area (Å²) in [6.45, 7) is -0.935. The molecule has 0 unspecified atom stereocenters. The number of rotatable bonds is 10. The van der Waals surface area contributed by atoms with Gasteiger partial charge in [-0.05, 0) is 36.4 Å². The number of halogens is 1. The fraction of sp³-hybridized carbons (Fsp3) is 0.120. The van der Waals surface area contributed by atoms with Gasteiger partial charge in [-0.1, -0.05) is 46.3 Å². The van der Waals surface area contributed by atoms with Crippen LogP contribution in [0.1, 0.15) is 32.4 Å². The highest BCUT2D eigenvalue weighted by Crippen LogP contribution is 2.25. The van der Waals surface area contributed by atoms with Crippen LogP contribution in [-0.2, 0) is 14.3 Å². The molecular formula is C25H20BrN3O7. The van der Waals surface area contributed by atoms with Crippen molar-refractivity contribution in [3.05, 3.63) is 110 Å².